The molecular formula is C18H18N2O2. The van der Waals surface area contributed by atoms with Gasteiger partial charge in [0, 0.05) is 18.7 Å². The normalized spacial score (nSPS) is 14.5. The monoisotopic (exact) mass is 294 g/mol. The molecule has 0 aromatic heterocycles. The highest BCUT2D eigenvalue weighted by Crippen LogP contribution is 2.21. The standard InChI is InChI=1S/C18H18N2O2/c21-18(14-19-20-12-4-5-13-20)15-8-10-17(11-9-15)22-16-6-2-1-3-7-16/h1-3,6-11,14H,4-5,12-13H2/b19-14-. The Morgan fingerprint density at radius 1 is 0.955 bits per heavy atom. The first kappa shape index (κ1) is 14.3. The third kappa shape index (κ3) is 3.73. The molecule has 2 aromatic rings. The maximum absolute atomic E-state index is 12.1. The largest absolute Gasteiger partial charge is 0.457 e. The molecule has 22 heavy (non-hydrogen) atoms. The van der Waals surface area contributed by atoms with Crippen LogP contribution in [-0.4, -0.2) is 30.1 Å². The van der Waals surface area contributed by atoms with E-state index in [0.29, 0.717) is 11.3 Å². The second kappa shape index (κ2) is 6.89. The van der Waals surface area contributed by atoms with Crippen molar-refractivity contribution in [3.63, 3.8) is 0 Å². The summed E-state index contributed by atoms with van der Waals surface area (Å²) in [5.74, 6) is 1.40. The van der Waals surface area contributed by atoms with Gasteiger partial charge in [-0.1, -0.05) is 18.2 Å². The molecule has 0 atom stereocenters. The zero-order chi connectivity index (χ0) is 15.2. The van der Waals surface area contributed by atoms with Gasteiger partial charge in [-0.3, -0.25) is 9.80 Å². The summed E-state index contributed by atoms with van der Waals surface area (Å²) in [5, 5.41) is 6.15. The Kier molecular flexibility index (Phi) is 4.49. The topological polar surface area (TPSA) is 41.9 Å². The predicted octanol–water partition coefficient (Wildman–Crippen LogP) is 3.74. The molecule has 2 aromatic carbocycles. The van der Waals surface area contributed by atoms with Crippen molar-refractivity contribution in [3.8, 4) is 11.5 Å². The molecule has 1 saturated heterocycles. The fraction of sp³-hybridized carbons (Fsp3) is 0.222. The van der Waals surface area contributed by atoms with Crippen molar-refractivity contribution in [1.29, 1.82) is 0 Å². The van der Waals surface area contributed by atoms with Gasteiger partial charge in [-0.2, -0.15) is 5.10 Å². The highest BCUT2D eigenvalue weighted by atomic mass is 16.5. The minimum Gasteiger partial charge on any atom is -0.457 e. The summed E-state index contributed by atoms with van der Waals surface area (Å²) >= 11 is 0. The number of benzene rings is 2. The van der Waals surface area contributed by atoms with Gasteiger partial charge in [-0.15, -0.1) is 0 Å². The number of para-hydroxylation sites is 1. The number of nitrogens with zero attached hydrogens (tertiary/aromatic N) is 2. The lowest BCUT2D eigenvalue weighted by molar-refractivity contribution is 0.106. The van der Waals surface area contributed by atoms with Crippen LogP contribution in [0.5, 0.6) is 11.5 Å². The molecule has 0 amide bonds. The summed E-state index contributed by atoms with van der Waals surface area (Å²) in [4.78, 5) is 12.1. The van der Waals surface area contributed by atoms with Crippen molar-refractivity contribution in [2.75, 3.05) is 13.1 Å². The van der Waals surface area contributed by atoms with Gasteiger partial charge in [0.15, 0.2) is 0 Å². The highest BCUT2D eigenvalue weighted by Gasteiger charge is 2.09. The molecule has 1 aliphatic heterocycles. The van der Waals surface area contributed by atoms with E-state index in [9.17, 15) is 4.79 Å². The summed E-state index contributed by atoms with van der Waals surface area (Å²) in [7, 11) is 0. The van der Waals surface area contributed by atoms with Crippen LogP contribution in [-0.2, 0) is 0 Å². The second-order valence-corrected chi connectivity index (χ2v) is 5.21. The van der Waals surface area contributed by atoms with E-state index in [1.807, 2.05) is 35.3 Å². The molecule has 0 N–H and O–H groups in total. The number of ether oxygens (including phenoxy) is 1. The van der Waals surface area contributed by atoms with E-state index in [1.165, 1.54) is 6.21 Å². The van der Waals surface area contributed by atoms with Crippen molar-refractivity contribution in [2.24, 2.45) is 5.10 Å². The molecular weight excluding hydrogens is 276 g/mol. The summed E-state index contributed by atoms with van der Waals surface area (Å²) in [5.41, 5.74) is 0.614. The van der Waals surface area contributed by atoms with E-state index in [2.05, 4.69) is 5.10 Å². The van der Waals surface area contributed by atoms with Crippen molar-refractivity contribution >= 4 is 12.0 Å². The van der Waals surface area contributed by atoms with Gasteiger partial charge in [0.2, 0.25) is 5.78 Å². The van der Waals surface area contributed by atoms with Gasteiger partial charge in [0.25, 0.3) is 0 Å². The molecule has 1 heterocycles. The maximum atomic E-state index is 12.1. The summed E-state index contributed by atoms with van der Waals surface area (Å²) in [6.45, 7) is 1.88. The predicted molar refractivity (Wildman–Crippen MR) is 86.6 cm³/mol. The van der Waals surface area contributed by atoms with E-state index in [-0.39, 0.29) is 5.78 Å². The molecule has 112 valence electrons. The fourth-order valence-electron chi connectivity index (χ4n) is 2.34. The van der Waals surface area contributed by atoms with Crippen LogP contribution in [0, 0.1) is 0 Å². The Morgan fingerprint density at radius 3 is 2.27 bits per heavy atom. The van der Waals surface area contributed by atoms with Gasteiger partial charge in [-0.05, 0) is 49.2 Å². The first-order valence-electron chi connectivity index (χ1n) is 7.47. The van der Waals surface area contributed by atoms with Gasteiger partial charge in [0.1, 0.15) is 11.5 Å². The lowest BCUT2D eigenvalue weighted by atomic mass is 10.1. The minimum absolute atomic E-state index is 0.0850. The molecule has 4 nitrogen and oxygen atoms in total. The van der Waals surface area contributed by atoms with Crippen LogP contribution >= 0.6 is 0 Å². The Balaban J connectivity index is 1.62. The molecule has 1 aliphatic rings. The molecule has 0 radical (unpaired) electrons. The zero-order valence-electron chi connectivity index (χ0n) is 12.3. The zero-order valence-corrected chi connectivity index (χ0v) is 12.3. The Bertz CT molecular complexity index is 645. The third-order valence-electron chi connectivity index (χ3n) is 3.54. The summed E-state index contributed by atoms with van der Waals surface area (Å²) in [6.07, 6.45) is 3.70. The molecule has 0 aliphatic carbocycles. The number of hydrogen-bond acceptors (Lipinski definition) is 4. The number of rotatable bonds is 5. The van der Waals surface area contributed by atoms with Crippen LogP contribution in [0.4, 0.5) is 0 Å². The van der Waals surface area contributed by atoms with Crippen LogP contribution in [0.15, 0.2) is 59.7 Å². The highest BCUT2D eigenvalue weighted by molar-refractivity contribution is 6.35. The molecule has 1 fully saturated rings. The van der Waals surface area contributed by atoms with Crippen LogP contribution in [0.1, 0.15) is 23.2 Å². The molecule has 0 bridgehead atoms. The van der Waals surface area contributed by atoms with Crippen molar-refractivity contribution < 1.29 is 9.53 Å². The Morgan fingerprint density at radius 2 is 1.59 bits per heavy atom. The summed E-state index contributed by atoms with van der Waals surface area (Å²) in [6, 6.07) is 16.7. The second-order valence-electron chi connectivity index (χ2n) is 5.21. The first-order valence-corrected chi connectivity index (χ1v) is 7.47. The number of carbonyl (C=O) groups excluding carboxylic acids is 1. The molecule has 0 spiro atoms. The van der Waals surface area contributed by atoms with Gasteiger partial charge < -0.3 is 4.74 Å². The third-order valence-corrected chi connectivity index (χ3v) is 3.54. The molecule has 3 rings (SSSR count). The quantitative estimate of drug-likeness (QED) is 0.623. The van der Waals surface area contributed by atoms with Gasteiger partial charge in [-0.25, -0.2) is 0 Å². The number of Topliss-reactive ketones (excluding diaryl/α,β-unsaturated/α-hetero) is 1. The molecule has 0 saturated carbocycles. The number of carbonyl (C=O) groups is 1. The maximum Gasteiger partial charge on any atom is 0.205 e. The van der Waals surface area contributed by atoms with E-state index in [4.69, 9.17) is 4.74 Å². The fourth-order valence-corrected chi connectivity index (χ4v) is 2.34. The van der Waals surface area contributed by atoms with Crippen molar-refractivity contribution in [2.45, 2.75) is 12.8 Å². The van der Waals surface area contributed by atoms with E-state index in [0.717, 1.165) is 31.7 Å². The van der Waals surface area contributed by atoms with E-state index < -0.39 is 0 Å². The molecule has 4 heteroatoms. The van der Waals surface area contributed by atoms with Crippen LogP contribution in [0.2, 0.25) is 0 Å². The SMILES string of the molecule is O=C(/C=N\N1CCCC1)c1ccc(Oc2ccccc2)cc1. The van der Waals surface area contributed by atoms with Crippen molar-refractivity contribution in [1.82, 2.24) is 5.01 Å². The number of hydrazone groups is 1. The number of hydrogen-bond donors (Lipinski definition) is 0. The molecule has 0 unspecified atom stereocenters. The smallest absolute Gasteiger partial charge is 0.205 e. The lowest BCUT2D eigenvalue weighted by Crippen LogP contribution is -2.13. The average Bonchev–Trinajstić information content (AvgIpc) is 3.08. The van der Waals surface area contributed by atoms with E-state index in [1.54, 1.807) is 24.3 Å². The van der Waals surface area contributed by atoms with Crippen LogP contribution in [0.3, 0.4) is 0 Å². The minimum atomic E-state index is -0.0850. The average molecular weight is 294 g/mol. The van der Waals surface area contributed by atoms with Crippen LogP contribution in [0.25, 0.3) is 0 Å². The van der Waals surface area contributed by atoms with E-state index >= 15 is 0 Å². The Labute approximate surface area is 130 Å². The van der Waals surface area contributed by atoms with Crippen LogP contribution < -0.4 is 4.74 Å². The van der Waals surface area contributed by atoms with Gasteiger partial charge in [0.05, 0.1) is 6.21 Å². The summed E-state index contributed by atoms with van der Waals surface area (Å²) < 4.78 is 5.70. The Hall–Kier alpha value is -2.62. The first-order chi connectivity index (χ1) is 10.8. The van der Waals surface area contributed by atoms with Crippen molar-refractivity contribution in [3.05, 3.63) is 60.2 Å². The van der Waals surface area contributed by atoms with Gasteiger partial charge >= 0.3 is 0 Å². The number of ketones is 1. The lowest BCUT2D eigenvalue weighted by Gasteiger charge is -2.08.